The number of carbonyl (C=O) groups is 2. The number of morpholine rings is 1. The monoisotopic (exact) mass is 340 g/mol. The molecule has 1 fully saturated rings. The van der Waals surface area contributed by atoms with Crippen LogP contribution in [0.2, 0.25) is 0 Å². The highest BCUT2D eigenvalue weighted by molar-refractivity contribution is 5.94. The Hall–Kier alpha value is -2.40. The average Bonchev–Trinajstić information content (AvgIpc) is 2.78. The topological polar surface area (TPSA) is 58.6 Å². The molecule has 5 nitrogen and oxygen atoms in total. The Bertz CT molecular complexity index is 826. The Morgan fingerprint density at radius 3 is 2.96 bits per heavy atom. The summed E-state index contributed by atoms with van der Waals surface area (Å²) in [6.07, 6.45) is 7.41. The van der Waals surface area contributed by atoms with Crippen LogP contribution in [0.1, 0.15) is 26.7 Å². The van der Waals surface area contributed by atoms with E-state index < -0.39 is 6.04 Å². The lowest BCUT2D eigenvalue weighted by atomic mass is 10.1. The highest BCUT2D eigenvalue weighted by Gasteiger charge is 2.32. The Labute approximate surface area is 147 Å². The van der Waals surface area contributed by atoms with Gasteiger partial charge in [0.15, 0.2) is 0 Å². The second-order valence-corrected chi connectivity index (χ2v) is 6.50. The van der Waals surface area contributed by atoms with E-state index in [1.807, 2.05) is 30.0 Å². The van der Waals surface area contributed by atoms with E-state index in [0.717, 1.165) is 23.9 Å². The number of anilines is 1. The van der Waals surface area contributed by atoms with Gasteiger partial charge >= 0.3 is 5.97 Å². The molecule has 1 aromatic rings. The van der Waals surface area contributed by atoms with Crippen molar-refractivity contribution in [2.45, 2.75) is 32.7 Å². The first-order valence-corrected chi connectivity index (χ1v) is 8.75. The van der Waals surface area contributed by atoms with Crippen molar-refractivity contribution in [1.82, 2.24) is 4.90 Å². The molecule has 0 bridgehead atoms. The number of fused-ring (bicyclic) bond motifs is 1. The zero-order valence-electron chi connectivity index (χ0n) is 14.7. The predicted octanol–water partition coefficient (Wildman–Crippen LogP) is 1.17. The Morgan fingerprint density at radius 2 is 2.16 bits per heavy atom. The number of rotatable bonds is 4. The number of esters is 1. The van der Waals surface area contributed by atoms with Crippen LogP contribution >= 0.6 is 0 Å². The van der Waals surface area contributed by atoms with Gasteiger partial charge in [0.2, 0.25) is 5.91 Å². The Morgan fingerprint density at radius 1 is 1.32 bits per heavy atom. The van der Waals surface area contributed by atoms with E-state index in [1.54, 1.807) is 0 Å². The molecule has 1 unspecified atom stereocenters. The number of carbonyl (C=O) groups excluding carboxylic acids is 2. The summed E-state index contributed by atoms with van der Waals surface area (Å²) in [5, 5.41) is 5.16. The van der Waals surface area contributed by atoms with Gasteiger partial charge in [0.1, 0.15) is 12.6 Å². The van der Waals surface area contributed by atoms with E-state index >= 15 is 0 Å². The summed E-state index contributed by atoms with van der Waals surface area (Å²) in [6.45, 7) is 5.88. The van der Waals surface area contributed by atoms with Crippen LogP contribution in [0.25, 0.3) is 12.2 Å². The first kappa shape index (κ1) is 17.4. The van der Waals surface area contributed by atoms with Gasteiger partial charge in [-0.25, -0.2) is 0 Å². The smallest absolute Gasteiger partial charge is 0.323 e. The quantitative estimate of drug-likeness (QED) is 0.836. The number of amides is 1. The van der Waals surface area contributed by atoms with Crippen molar-refractivity contribution in [1.29, 1.82) is 0 Å². The Balaban J connectivity index is 1.72. The number of hydrogen-bond donors (Lipinski definition) is 1. The lowest BCUT2D eigenvalue weighted by Crippen LogP contribution is -2.50. The summed E-state index contributed by atoms with van der Waals surface area (Å²) in [4.78, 5) is 26.3. The molecule has 1 atom stereocenters. The van der Waals surface area contributed by atoms with Crippen molar-refractivity contribution in [2.75, 3.05) is 25.0 Å². The van der Waals surface area contributed by atoms with Crippen molar-refractivity contribution in [2.24, 2.45) is 0 Å². The standard InChI is InChI=1S/C20H24N2O3/c1-3-22-10-11-25-20(24)18(22)13-19(23)21-17-9-8-15-6-4-14(2)5-7-16(15)12-17/h5-9,12,18H,3-4,10-11,13H2,1-2H3,(H,21,23). The fourth-order valence-corrected chi connectivity index (χ4v) is 3.20. The second kappa shape index (κ2) is 7.66. The highest BCUT2D eigenvalue weighted by Crippen LogP contribution is 2.13. The number of benzene rings is 1. The largest absolute Gasteiger partial charge is 0.463 e. The number of allylic oxidation sites excluding steroid dienone is 2. The summed E-state index contributed by atoms with van der Waals surface area (Å²) >= 11 is 0. The molecular weight excluding hydrogens is 316 g/mol. The van der Waals surface area contributed by atoms with Gasteiger partial charge in [-0.05, 0) is 42.5 Å². The first-order valence-electron chi connectivity index (χ1n) is 8.75. The third-order valence-corrected chi connectivity index (χ3v) is 4.68. The minimum Gasteiger partial charge on any atom is -0.463 e. The van der Waals surface area contributed by atoms with E-state index in [0.29, 0.717) is 13.2 Å². The van der Waals surface area contributed by atoms with E-state index in [1.165, 1.54) is 10.8 Å². The molecule has 5 heteroatoms. The molecule has 0 aromatic heterocycles. The summed E-state index contributed by atoms with van der Waals surface area (Å²) in [5.74, 6) is -0.486. The minimum atomic E-state index is -0.495. The maximum absolute atomic E-state index is 12.4. The molecule has 25 heavy (non-hydrogen) atoms. The molecule has 0 spiro atoms. The maximum atomic E-state index is 12.4. The van der Waals surface area contributed by atoms with E-state index in [4.69, 9.17) is 4.74 Å². The van der Waals surface area contributed by atoms with Crippen LogP contribution in [0.4, 0.5) is 5.69 Å². The molecule has 2 aliphatic rings. The number of nitrogens with zero attached hydrogens (tertiary/aromatic N) is 1. The molecule has 1 heterocycles. The molecule has 3 rings (SSSR count). The molecule has 1 aromatic carbocycles. The van der Waals surface area contributed by atoms with Gasteiger partial charge in [0, 0.05) is 12.2 Å². The lowest BCUT2D eigenvalue weighted by molar-refractivity contribution is -0.158. The van der Waals surface area contributed by atoms with Crippen LogP contribution in [0.3, 0.4) is 0 Å². The van der Waals surface area contributed by atoms with Gasteiger partial charge in [0.25, 0.3) is 0 Å². The maximum Gasteiger partial charge on any atom is 0.323 e. The first-order chi connectivity index (χ1) is 12.1. The molecule has 1 aliphatic heterocycles. The van der Waals surface area contributed by atoms with Crippen LogP contribution < -0.4 is 15.8 Å². The SMILES string of the molecule is CCN1CCOC(=O)C1CC(=O)Nc1ccc2c(c1)=CC=C(C)CC=2. The van der Waals surface area contributed by atoms with E-state index in [-0.39, 0.29) is 18.3 Å². The predicted molar refractivity (Wildman–Crippen MR) is 98.2 cm³/mol. The average molecular weight is 340 g/mol. The van der Waals surface area contributed by atoms with Crippen molar-refractivity contribution in [3.63, 3.8) is 0 Å². The molecular formula is C20H24N2O3. The van der Waals surface area contributed by atoms with Gasteiger partial charge in [-0.2, -0.15) is 0 Å². The number of likely N-dealkylation sites (N-methyl/N-ethyl adjacent to an activating group) is 1. The molecule has 1 aliphatic carbocycles. The van der Waals surface area contributed by atoms with Crippen LogP contribution in [0, 0.1) is 0 Å². The number of hydrogen-bond acceptors (Lipinski definition) is 4. The number of nitrogens with one attached hydrogen (secondary N) is 1. The molecule has 1 saturated heterocycles. The number of cyclic esters (lactones) is 1. The van der Waals surface area contributed by atoms with Crippen molar-refractivity contribution in [3.05, 3.63) is 40.3 Å². The van der Waals surface area contributed by atoms with E-state index in [9.17, 15) is 9.59 Å². The normalized spacial score (nSPS) is 20.3. The fraction of sp³-hybridized carbons (Fsp3) is 0.400. The third kappa shape index (κ3) is 4.17. The molecule has 0 saturated carbocycles. The third-order valence-electron chi connectivity index (χ3n) is 4.68. The second-order valence-electron chi connectivity index (χ2n) is 6.50. The van der Waals surface area contributed by atoms with E-state index in [2.05, 4.69) is 30.5 Å². The van der Waals surface area contributed by atoms with Crippen LogP contribution in [-0.2, 0) is 14.3 Å². The lowest BCUT2D eigenvalue weighted by Gasteiger charge is -2.32. The minimum absolute atomic E-state index is 0.110. The zero-order chi connectivity index (χ0) is 17.8. The summed E-state index contributed by atoms with van der Waals surface area (Å²) in [5.41, 5.74) is 2.05. The Kier molecular flexibility index (Phi) is 5.34. The highest BCUT2D eigenvalue weighted by atomic mass is 16.5. The molecule has 1 N–H and O–H groups in total. The summed E-state index contributed by atoms with van der Waals surface area (Å²) in [7, 11) is 0. The van der Waals surface area contributed by atoms with Crippen molar-refractivity contribution >= 4 is 29.7 Å². The summed E-state index contributed by atoms with van der Waals surface area (Å²) < 4.78 is 5.10. The van der Waals surface area contributed by atoms with Gasteiger partial charge in [-0.1, -0.05) is 36.8 Å². The van der Waals surface area contributed by atoms with Gasteiger partial charge in [0.05, 0.1) is 6.42 Å². The number of ether oxygens (including phenoxy) is 1. The zero-order valence-corrected chi connectivity index (χ0v) is 14.7. The van der Waals surface area contributed by atoms with Gasteiger partial charge < -0.3 is 10.1 Å². The summed E-state index contributed by atoms with van der Waals surface area (Å²) in [6, 6.07) is 5.39. The van der Waals surface area contributed by atoms with Crippen LogP contribution in [-0.4, -0.2) is 42.5 Å². The van der Waals surface area contributed by atoms with Gasteiger partial charge in [-0.3, -0.25) is 14.5 Å². The molecule has 132 valence electrons. The van der Waals surface area contributed by atoms with Crippen LogP contribution in [0.15, 0.2) is 29.8 Å². The fourth-order valence-electron chi connectivity index (χ4n) is 3.20. The van der Waals surface area contributed by atoms with Crippen molar-refractivity contribution in [3.8, 4) is 0 Å². The molecule has 0 radical (unpaired) electrons. The molecule has 1 amide bonds. The van der Waals surface area contributed by atoms with Gasteiger partial charge in [-0.15, -0.1) is 0 Å². The van der Waals surface area contributed by atoms with Crippen LogP contribution in [0.5, 0.6) is 0 Å². The van der Waals surface area contributed by atoms with Crippen molar-refractivity contribution < 1.29 is 14.3 Å².